The number of hydrogen-bond donors (Lipinski definition) is 0. The van der Waals surface area contributed by atoms with Crippen LogP contribution in [0.1, 0.15) is 0 Å². The van der Waals surface area contributed by atoms with Crippen LogP contribution < -0.4 is 0 Å². The molecule has 0 fully saturated rings. The highest BCUT2D eigenvalue weighted by atomic mass is 31.2. The van der Waals surface area contributed by atoms with Gasteiger partial charge in [0.2, 0.25) is 0 Å². The van der Waals surface area contributed by atoms with Gasteiger partial charge in [-0.1, -0.05) is 0 Å². The minimum absolute atomic E-state index is 0.00772. The van der Waals surface area contributed by atoms with Crippen LogP contribution in [0, 0.1) is 0 Å². The van der Waals surface area contributed by atoms with Gasteiger partial charge in [-0.3, -0.25) is 9.05 Å². The molecular weight excluding hydrogens is 181 g/mol. The Kier molecular flexibility index (Phi) is 4.25. The molecule has 0 aliphatic heterocycles. The number of rotatable bonds is 4. The average Bonchev–Trinajstić information content (AvgIpc) is 2.00. The Morgan fingerprint density at radius 3 is 2.09 bits per heavy atom. The zero-order valence-corrected chi connectivity index (χ0v) is 6.81. The van der Waals surface area contributed by atoms with Crippen LogP contribution in [0.5, 0.6) is 0 Å². The largest absolute Gasteiger partial charge is 0.529 e. The van der Waals surface area contributed by atoms with E-state index >= 15 is 0 Å². The van der Waals surface area contributed by atoms with E-state index in [0.29, 0.717) is 0 Å². The molecule has 0 spiro atoms. The second-order valence-corrected chi connectivity index (χ2v) is 3.16. The maximum atomic E-state index is 11.3. The number of halogens is 2. The standard InChI is InChI=1S/C4H7F2O4P/c1-8-11(7,9-2)10-3-4(5)6/h3H,1-2H3. The molecule has 0 amide bonds. The molecule has 4 nitrogen and oxygen atoms in total. The second-order valence-electron chi connectivity index (χ2n) is 1.33. The lowest BCUT2D eigenvalue weighted by molar-refractivity contribution is 0.187. The third-order valence-corrected chi connectivity index (χ3v) is 1.98. The van der Waals surface area contributed by atoms with Crippen LogP contribution in [0.4, 0.5) is 8.78 Å². The van der Waals surface area contributed by atoms with E-state index < -0.39 is 13.9 Å². The van der Waals surface area contributed by atoms with Gasteiger partial charge in [-0.15, -0.1) is 0 Å². The molecule has 0 aromatic heterocycles. The molecule has 0 heterocycles. The first-order chi connectivity index (χ1) is 5.04. The Bertz CT molecular complexity index is 181. The topological polar surface area (TPSA) is 44.8 Å². The monoisotopic (exact) mass is 188 g/mol. The van der Waals surface area contributed by atoms with Gasteiger partial charge >= 0.3 is 13.9 Å². The highest BCUT2D eigenvalue weighted by Crippen LogP contribution is 2.47. The van der Waals surface area contributed by atoms with E-state index in [1.807, 2.05) is 0 Å². The first-order valence-corrected chi connectivity index (χ1v) is 3.91. The highest BCUT2D eigenvalue weighted by molar-refractivity contribution is 7.48. The number of phosphoric ester groups is 1. The van der Waals surface area contributed by atoms with Crippen LogP contribution in [-0.4, -0.2) is 14.2 Å². The van der Waals surface area contributed by atoms with Gasteiger partial charge in [-0.05, 0) is 0 Å². The molecule has 0 aromatic carbocycles. The zero-order valence-electron chi connectivity index (χ0n) is 5.91. The summed E-state index contributed by atoms with van der Waals surface area (Å²) in [7, 11) is -1.75. The molecular formula is C4H7F2O4P. The molecule has 0 aliphatic rings. The third-order valence-electron chi connectivity index (χ3n) is 0.718. The molecule has 0 aromatic rings. The SMILES string of the molecule is COP(=O)(OC)OC=C(F)F. The maximum absolute atomic E-state index is 11.3. The predicted molar refractivity (Wildman–Crippen MR) is 33.0 cm³/mol. The Balaban J connectivity index is 4.10. The number of phosphoric acid groups is 1. The summed E-state index contributed by atoms with van der Waals surface area (Å²) >= 11 is 0. The minimum atomic E-state index is -3.79. The lowest BCUT2D eigenvalue weighted by atomic mass is 11.1. The highest BCUT2D eigenvalue weighted by Gasteiger charge is 2.22. The summed E-state index contributed by atoms with van der Waals surface area (Å²) in [5, 5.41) is 0. The van der Waals surface area contributed by atoms with Gasteiger partial charge in [0.05, 0.1) is 0 Å². The van der Waals surface area contributed by atoms with Crippen molar-refractivity contribution in [1.29, 1.82) is 0 Å². The van der Waals surface area contributed by atoms with Gasteiger partial charge in [0.15, 0.2) is 6.26 Å². The Labute approximate surface area is 62.4 Å². The summed E-state index contributed by atoms with van der Waals surface area (Å²) in [6.45, 7) is 0. The summed E-state index contributed by atoms with van der Waals surface area (Å²) in [5.74, 6) is 0. The van der Waals surface area contributed by atoms with Crippen molar-refractivity contribution in [3.05, 3.63) is 12.3 Å². The molecule has 0 saturated carbocycles. The minimum Gasteiger partial charge on any atom is -0.406 e. The van der Waals surface area contributed by atoms with Gasteiger partial charge in [-0.25, -0.2) is 4.57 Å². The van der Waals surface area contributed by atoms with Crippen molar-refractivity contribution < 1.29 is 26.9 Å². The van der Waals surface area contributed by atoms with Crippen molar-refractivity contribution >= 4 is 7.82 Å². The van der Waals surface area contributed by atoms with E-state index in [1.165, 1.54) is 0 Å². The van der Waals surface area contributed by atoms with Gasteiger partial charge < -0.3 is 4.52 Å². The first kappa shape index (κ1) is 10.6. The second kappa shape index (κ2) is 4.43. The lowest BCUT2D eigenvalue weighted by Gasteiger charge is -2.09. The van der Waals surface area contributed by atoms with Crippen LogP contribution in [-0.2, 0) is 18.1 Å². The quantitative estimate of drug-likeness (QED) is 0.500. The first-order valence-electron chi connectivity index (χ1n) is 2.45. The van der Waals surface area contributed by atoms with E-state index in [9.17, 15) is 13.3 Å². The van der Waals surface area contributed by atoms with E-state index in [-0.39, 0.29) is 6.26 Å². The Morgan fingerprint density at radius 2 is 1.82 bits per heavy atom. The van der Waals surface area contributed by atoms with Crippen LogP contribution in [0.15, 0.2) is 12.3 Å². The summed E-state index contributed by atoms with van der Waals surface area (Å²) in [6, 6.07) is 0. The summed E-state index contributed by atoms with van der Waals surface area (Å²) < 4.78 is 45.8. The van der Waals surface area contributed by atoms with Crippen molar-refractivity contribution in [2.24, 2.45) is 0 Å². The molecule has 0 aliphatic carbocycles. The normalized spacial score (nSPS) is 10.9. The van der Waals surface area contributed by atoms with Crippen molar-refractivity contribution in [2.75, 3.05) is 14.2 Å². The van der Waals surface area contributed by atoms with Crippen molar-refractivity contribution in [3.8, 4) is 0 Å². The van der Waals surface area contributed by atoms with E-state index in [1.54, 1.807) is 0 Å². The van der Waals surface area contributed by atoms with Crippen molar-refractivity contribution in [1.82, 2.24) is 0 Å². The summed E-state index contributed by atoms with van der Waals surface area (Å²) in [6.07, 6.45) is -2.10. The van der Waals surface area contributed by atoms with Gasteiger partial charge in [0.1, 0.15) is 0 Å². The molecule has 0 radical (unpaired) electrons. The van der Waals surface area contributed by atoms with E-state index in [2.05, 4.69) is 13.6 Å². The van der Waals surface area contributed by atoms with Gasteiger partial charge in [-0.2, -0.15) is 8.78 Å². The smallest absolute Gasteiger partial charge is 0.406 e. The van der Waals surface area contributed by atoms with Crippen LogP contribution in [0.25, 0.3) is 0 Å². The fraction of sp³-hybridized carbons (Fsp3) is 0.500. The fourth-order valence-electron chi connectivity index (χ4n) is 0.265. The Morgan fingerprint density at radius 1 is 1.36 bits per heavy atom. The zero-order chi connectivity index (χ0) is 8.91. The molecule has 66 valence electrons. The number of hydrogen-bond acceptors (Lipinski definition) is 4. The molecule has 0 unspecified atom stereocenters. The molecule has 0 bridgehead atoms. The molecule has 0 rings (SSSR count). The van der Waals surface area contributed by atoms with E-state index in [4.69, 9.17) is 0 Å². The molecule has 11 heavy (non-hydrogen) atoms. The molecule has 0 saturated heterocycles. The van der Waals surface area contributed by atoms with E-state index in [0.717, 1.165) is 14.2 Å². The predicted octanol–water partition coefficient (Wildman–Crippen LogP) is 2.14. The van der Waals surface area contributed by atoms with Gasteiger partial charge in [0.25, 0.3) is 0 Å². The molecule has 7 heteroatoms. The average molecular weight is 188 g/mol. The maximum Gasteiger partial charge on any atom is 0.529 e. The fourth-order valence-corrected chi connectivity index (χ4v) is 0.795. The van der Waals surface area contributed by atoms with Crippen molar-refractivity contribution in [3.63, 3.8) is 0 Å². The van der Waals surface area contributed by atoms with Crippen LogP contribution >= 0.6 is 7.82 Å². The molecule has 0 N–H and O–H groups in total. The molecule has 0 atom stereocenters. The summed E-state index contributed by atoms with van der Waals surface area (Å²) in [5.41, 5.74) is 0. The van der Waals surface area contributed by atoms with Crippen LogP contribution in [0.3, 0.4) is 0 Å². The van der Waals surface area contributed by atoms with Crippen LogP contribution in [0.2, 0.25) is 0 Å². The van der Waals surface area contributed by atoms with Gasteiger partial charge in [0, 0.05) is 14.2 Å². The Hall–Kier alpha value is -0.450. The van der Waals surface area contributed by atoms with Crippen molar-refractivity contribution in [2.45, 2.75) is 0 Å². The lowest BCUT2D eigenvalue weighted by Crippen LogP contribution is -1.89. The summed E-state index contributed by atoms with van der Waals surface area (Å²) in [4.78, 5) is 0. The third kappa shape index (κ3) is 4.08.